The minimum absolute atomic E-state index is 0.0835. The molecule has 1 nitrogen and oxygen atoms in total. The summed E-state index contributed by atoms with van der Waals surface area (Å²) >= 11 is 0. The summed E-state index contributed by atoms with van der Waals surface area (Å²) in [7, 11) is 1.81. The minimum Gasteiger partial charge on any atom is -0.313 e. The smallest absolute Gasteiger partial charge is 0.130 e. The Kier molecular flexibility index (Phi) is 4.85. The zero-order valence-corrected chi connectivity index (χ0v) is 11.8. The Labute approximate surface area is 109 Å². The van der Waals surface area contributed by atoms with Gasteiger partial charge in [-0.15, -0.1) is 0 Å². The summed E-state index contributed by atoms with van der Waals surface area (Å²) in [5, 5.41) is 3.12. The fraction of sp³-hybridized carbons (Fsp3) is 0.600. The van der Waals surface area contributed by atoms with Gasteiger partial charge in [-0.05, 0) is 30.9 Å². The molecule has 0 aliphatic heterocycles. The number of halogens is 2. The maximum absolute atomic E-state index is 13.8. The lowest BCUT2D eigenvalue weighted by Gasteiger charge is -2.31. The van der Waals surface area contributed by atoms with Crippen LogP contribution >= 0.6 is 0 Å². The van der Waals surface area contributed by atoms with E-state index in [0.29, 0.717) is 11.5 Å². The van der Waals surface area contributed by atoms with Gasteiger partial charge in [-0.2, -0.15) is 0 Å². The van der Waals surface area contributed by atoms with Crippen molar-refractivity contribution in [2.45, 2.75) is 40.2 Å². The van der Waals surface area contributed by atoms with Crippen LogP contribution in [-0.4, -0.2) is 7.05 Å². The highest BCUT2D eigenvalue weighted by atomic mass is 19.1. The fourth-order valence-corrected chi connectivity index (χ4v) is 1.89. The van der Waals surface area contributed by atoms with Crippen LogP contribution in [0, 0.1) is 23.0 Å². The number of nitrogens with one attached hydrogen (secondary N) is 1. The molecule has 0 aliphatic carbocycles. The molecule has 2 unspecified atom stereocenters. The number of rotatable bonds is 4. The van der Waals surface area contributed by atoms with Crippen molar-refractivity contribution >= 4 is 0 Å². The maximum atomic E-state index is 13.8. The Morgan fingerprint density at radius 1 is 1.22 bits per heavy atom. The molecule has 0 saturated carbocycles. The van der Waals surface area contributed by atoms with Gasteiger partial charge >= 0.3 is 0 Å². The first-order chi connectivity index (χ1) is 8.25. The van der Waals surface area contributed by atoms with Gasteiger partial charge < -0.3 is 5.32 Å². The quantitative estimate of drug-likeness (QED) is 0.846. The lowest BCUT2D eigenvalue weighted by Crippen LogP contribution is -2.26. The van der Waals surface area contributed by atoms with E-state index in [1.165, 1.54) is 12.1 Å². The third kappa shape index (κ3) is 3.77. The molecule has 0 amide bonds. The van der Waals surface area contributed by atoms with Crippen LogP contribution in [0.5, 0.6) is 0 Å². The standard InChI is InChI=1S/C15H23F2N/c1-10(15(2,3)4)8-14(18-5)12-7-6-11(16)9-13(12)17/h6-7,9-10,14,18H,8H2,1-5H3. The largest absolute Gasteiger partial charge is 0.313 e. The summed E-state index contributed by atoms with van der Waals surface area (Å²) in [6.07, 6.45) is 0.822. The van der Waals surface area contributed by atoms with E-state index in [1.807, 2.05) is 7.05 Å². The first-order valence-electron chi connectivity index (χ1n) is 6.38. The highest BCUT2D eigenvalue weighted by Crippen LogP contribution is 2.33. The molecule has 3 heteroatoms. The molecule has 0 heterocycles. The first kappa shape index (κ1) is 15.1. The van der Waals surface area contributed by atoms with E-state index >= 15 is 0 Å². The average Bonchev–Trinajstić information content (AvgIpc) is 2.25. The second-order valence-corrected chi connectivity index (χ2v) is 6.01. The summed E-state index contributed by atoms with van der Waals surface area (Å²) in [5.74, 6) is -0.579. The summed E-state index contributed by atoms with van der Waals surface area (Å²) < 4.78 is 26.7. The molecule has 102 valence electrons. The molecule has 2 atom stereocenters. The predicted octanol–water partition coefficient (Wildman–Crippen LogP) is 4.30. The molecular formula is C15H23F2N. The van der Waals surface area contributed by atoms with Crippen LogP contribution in [0.2, 0.25) is 0 Å². The van der Waals surface area contributed by atoms with Gasteiger partial charge in [-0.3, -0.25) is 0 Å². The van der Waals surface area contributed by atoms with Crippen LogP contribution in [0.3, 0.4) is 0 Å². The average molecular weight is 255 g/mol. The topological polar surface area (TPSA) is 12.0 Å². The van der Waals surface area contributed by atoms with Crippen molar-refractivity contribution in [1.29, 1.82) is 0 Å². The Morgan fingerprint density at radius 2 is 1.83 bits per heavy atom. The second kappa shape index (κ2) is 5.79. The molecule has 18 heavy (non-hydrogen) atoms. The van der Waals surface area contributed by atoms with E-state index in [4.69, 9.17) is 0 Å². The van der Waals surface area contributed by atoms with Gasteiger partial charge in [0.1, 0.15) is 11.6 Å². The van der Waals surface area contributed by atoms with Crippen molar-refractivity contribution in [3.05, 3.63) is 35.4 Å². The molecule has 0 saturated heterocycles. The van der Waals surface area contributed by atoms with E-state index in [2.05, 4.69) is 33.0 Å². The van der Waals surface area contributed by atoms with Gasteiger partial charge in [0.25, 0.3) is 0 Å². The summed E-state index contributed by atoms with van der Waals surface area (Å²) in [6, 6.07) is 3.70. The lowest BCUT2D eigenvalue weighted by atomic mass is 9.77. The van der Waals surface area contributed by atoms with Crippen molar-refractivity contribution in [3.8, 4) is 0 Å². The van der Waals surface area contributed by atoms with Crippen molar-refractivity contribution < 1.29 is 8.78 Å². The predicted molar refractivity (Wildman–Crippen MR) is 71.4 cm³/mol. The molecular weight excluding hydrogens is 232 g/mol. The third-order valence-electron chi connectivity index (χ3n) is 3.75. The Balaban J connectivity index is 2.90. The SMILES string of the molecule is CNC(CC(C)C(C)(C)C)c1ccc(F)cc1F. The van der Waals surface area contributed by atoms with Gasteiger partial charge in [-0.1, -0.05) is 33.8 Å². The van der Waals surface area contributed by atoms with Gasteiger partial charge in [0.2, 0.25) is 0 Å². The summed E-state index contributed by atoms with van der Waals surface area (Å²) in [6.45, 7) is 8.67. The van der Waals surface area contributed by atoms with E-state index < -0.39 is 11.6 Å². The zero-order chi connectivity index (χ0) is 13.9. The summed E-state index contributed by atoms with van der Waals surface area (Å²) in [5.41, 5.74) is 0.709. The second-order valence-electron chi connectivity index (χ2n) is 6.01. The molecule has 0 aliphatic rings. The van der Waals surface area contributed by atoms with Gasteiger partial charge in [0.15, 0.2) is 0 Å². The highest BCUT2D eigenvalue weighted by Gasteiger charge is 2.25. The fourth-order valence-electron chi connectivity index (χ4n) is 1.89. The molecule has 1 aromatic carbocycles. The normalized spacial score (nSPS) is 15.5. The third-order valence-corrected chi connectivity index (χ3v) is 3.75. The molecule has 0 fully saturated rings. The molecule has 1 N–H and O–H groups in total. The lowest BCUT2D eigenvalue weighted by molar-refractivity contribution is 0.224. The van der Waals surface area contributed by atoms with E-state index in [0.717, 1.165) is 12.5 Å². The van der Waals surface area contributed by atoms with Crippen LogP contribution < -0.4 is 5.32 Å². The molecule has 0 bridgehead atoms. The van der Waals surface area contributed by atoms with Crippen molar-refractivity contribution in [2.75, 3.05) is 7.05 Å². The molecule has 0 radical (unpaired) electrons. The highest BCUT2D eigenvalue weighted by molar-refractivity contribution is 5.22. The van der Waals surface area contributed by atoms with E-state index in [1.54, 1.807) is 0 Å². The van der Waals surface area contributed by atoms with Crippen LogP contribution in [0.1, 0.15) is 45.7 Å². The van der Waals surface area contributed by atoms with Crippen molar-refractivity contribution in [2.24, 2.45) is 11.3 Å². The molecule has 1 rings (SSSR count). The number of hydrogen-bond donors (Lipinski definition) is 1. The van der Waals surface area contributed by atoms with Crippen LogP contribution in [0.15, 0.2) is 18.2 Å². The Morgan fingerprint density at radius 3 is 2.28 bits per heavy atom. The molecule has 1 aromatic rings. The Bertz CT molecular complexity index is 396. The van der Waals surface area contributed by atoms with Crippen LogP contribution in [0.4, 0.5) is 8.78 Å². The summed E-state index contributed by atoms with van der Waals surface area (Å²) in [4.78, 5) is 0. The Hall–Kier alpha value is -0.960. The van der Waals surface area contributed by atoms with Crippen LogP contribution in [-0.2, 0) is 0 Å². The van der Waals surface area contributed by atoms with Crippen molar-refractivity contribution in [1.82, 2.24) is 5.32 Å². The molecule has 0 aromatic heterocycles. The zero-order valence-electron chi connectivity index (χ0n) is 11.8. The number of hydrogen-bond acceptors (Lipinski definition) is 1. The monoisotopic (exact) mass is 255 g/mol. The molecule has 0 spiro atoms. The van der Waals surface area contributed by atoms with Gasteiger partial charge in [-0.25, -0.2) is 8.78 Å². The first-order valence-corrected chi connectivity index (χ1v) is 6.38. The van der Waals surface area contributed by atoms with Crippen LogP contribution in [0.25, 0.3) is 0 Å². The van der Waals surface area contributed by atoms with Gasteiger partial charge in [0.05, 0.1) is 0 Å². The van der Waals surface area contributed by atoms with E-state index in [-0.39, 0.29) is 11.5 Å². The van der Waals surface area contributed by atoms with Gasteiger partial charge in [0, 0.05) is 17.7 Å². The van der Waals surface area contributed by atoms with E-state index in [9.17, 15) is 8.78 Å². The number of benzene rings is 1. The maximum Gasteiger partial charge on any atom is 0.130 e. The minimum atomic E-state index is -0.532. The van der Waals surface area contributed by atoms with Crippen molar-refractivity contribution in [3.63, 3.8) is 0 Å².